The molecule has 0 aromatic carbocycles. The molecule has 0 N–H and O–H groups in total. The molecule has 0 atom stereocenters. The third kappa shape index (κ3) is 4.65. The number of rotatable bonds is 4. The van der Waals surface area contributed by atoms with Crippen LogP contribution in [0.25, 0.3) is 0 Å². The second-order valence-electron chi connectivity index (χ2n) is 2.59. The number of esters is 1. The van der Waals surface area contributed by atoms with Gasteiger partial charge in [-0.1, -0.05) is 37.0 Å². The van der Waals surface area contributed by atoms with Crippen LogP contribution in [0.5, 0.6) is 0 Å². The van der Waals surface area contributed by atoms with Gasteiger partial charge in [-0.05, 0) is 27.6 Å². The molecular weight excluding hydrogens is 242 g/mol. The van der Waals surface area contributed by atoms with E-state index in [1.807, 2.05) is 13.8 Å². The highest BCUT2D eigenvalue weighted by atomic mass is 35.7. The van der Waals surface area contributed by atoms with Crippen molar-refractivity contribution in [3.63, 3.8) is 0 Å². The molecule has 0 saturated heterocycles. The van der Waals surface area contributed by atoms with Gasteiger partial charge in [0.25, 0.3) is 3.67 Å². The monoisotopic (exact) mass is 250 g/mol. The molecule has 0 aliphatic heterocycles. The molecule has 0 bridgehead atoms. The topological polar surface area (TPSA) is 26.3 Å². The van der Waals surface area contributed by atoms with Gasteiger partial charge in [0.2, 0.25) is 0 Å². The lowest BCUT2D eigenvalue weighted by molar-refractivity contribution is -0.143. The van der Waals surface area contributed by atoms with Crippen LogP contribution in [0.1, 0.15) is 13.8 Å². The van der Waals surface area contributed by atoms with E-state index in [4.69, 9.17) is 38.6 Å². The van der Waals surface area contributed by atoms with Crippen LogP contribution in [-0.2, 0) is 9.53 Å². The highest BCUT2D eigenvalue weighted by Crippen LogP contribution is 2.38. The van der Waals surface area contributed by atoms with E-state index >= 15 is 0 Å². The normalized spacial score (nSPS) is 11.8. The lowest BCUT2D eigenvalue weighted by Crippen LogP contribution is -2.25. The van der Waals surface area contributed by atoms with E-state index in [-0.39, 0.29) is 12.5 Å². The Kier molecular flexibility index (Phi) is 5.74. The Bertz CT molecular complexity index is 161. The van der Waals surface area contributed by atoms with Gasteiger partial charge in [0.15, 0.2) is 0 Å². The molecule has 0 amide bonds. The van der Waals surface area contributed by atoms with Crippen LogP contribution in [0.3, 0.4) is 0 Å². The quantitative estimate of drug-likeness (QED) is 0.567. The van der Waals surface area contributed by atoms with Gasteiger partial charge >= 0.3 is 5.97 Å². The van der Waals surface area contributed by atoms with Crippen LogP contribution in [-0.4, -0.2) is 16.2 Å². The number of hydrogen-bond acceptors (Lipinski definition) is 3. The Balaban J connectivity index is 3.88. The summed E-state index contributed by atoms with van der Waals surface area (Å²) in [6.07, 6.45) is 0. The number of hydrogen-bond donors (Lipinski definition) is 0. The van der Waals surface area contributed by atoms with Crippen LogP contribution in [0, 0.1) is 5.92 Å². The number of carbonyl (C=O) groups is 1. The first-order valence-electron chi connectivity index (χ1n) is 3.25. The van der Waals surface area contributed by atoms with Gasteiger partial charge in [0, 0.05) is 0 Å². The van der Waals surface area contributed by atoms with Gasteiger partial charge in [-0.15, -0.1) is 0 Å². The molecule has 0 heterocycles. The van der Waals surface area contributed by atoms with Crippen molar-refractivity contribution in [3.8, 4) is 0 Å². The molecule has 12 heavy (non-hydrogen) atoms. The molecule has 0 aromatic rings. The molecule has 0 radical (unpaired) electrons. The first-order valence-corrected chi connectivity index (χ1v) is 5.64. The zero-order chi connectivity index (χ0) is 9.78. The fraction of sp³-hybridized carbons (Fsp3) is 0.833. The first kappa shape index (κ1) is 12.7. The van der Waals surface area contributed by atoms with E-state index in [2.05, 4.69) is 0 Å². The van der Waals surface area contributed by atoms with Gasteiger partial charge in [-0.2, -0.15) is 0 Å². The van der Waals surface area contributed by atoms with Crippen molar-refractivity contribution in [2.24, 2.45) is 5.92 Å². The predicted molar refractivity (Wildman–Crippen MR) is 53.7 cm³/mol. The summed E-state index contributed by atoms with van der Waals surface area (Å²) in [5, 5.41) is 0. The predicted octanol–water partition coefficient (Wildman–Crippen LogP) is 3.20. The summed E-state index contributed by atoms with van der Waals surface area (Å²) in [4.78, 5) is 11.0. The van der Waals surface area contributed by atoms with Gasteiger partial charge in [0.05, 0.1) is 6.61 Å². The molecule has 0 aliphatic carbocycles. The lowest BCUT2D eigenvalue weighted by atomic mass is 10.2. The molecule has 2 nitrogen and oxygen atoms in total. The van der Waals surface area contributed by atoms with E-state index in [1.54, 1.807) is 0 Å². The van der Waals surface area contributed by atoms with Crippen LogP contribution >= 0.6 is 44.9 Å². The van der Waals surface area contributed by atoms with Crippen molar-refractivity contribution in [2.45, 2.75) is 17.5 Å². The minimum absolute atomic E-state index is 0.249. The zero-order valence-corrected chi connectivity index (χ0v) is 9.73. The minimum Gasteiger partial charge on any atom is -0.463 e. The molecule has 0 unspecified atom stereocenters. The molecule has 72 valence electrons. The maximum Gasteiger partial charge on any atom is 0.354 e. The highest BCUT2D eigenvalue weighted by Gasteiger charge is 2.36. The zero-order valence-electron chi connectivity index (χ0n) is 6.64. The van der Waals surface area contributed by atoms with Gasteiger partial charge in [0.1, 0.15) is 0 Å². The summed E-state index contributed by atoms with van der Waals surface area (Å²) in [6, 6.07) is 0. The van der Waals surface area contributed by atoms with E-state index in [1.165, 1.54) is 0 Å². The maximum atomic E-state index is 11.0. The van der Waals surface area contributed by atoms with Crippen LogP contribution in [0.15, 0.2) is 0 Å². The molecule has 0 fully saturated rings. The summed E-state index contributed by atoms with van der Waals surface area (Å²) < 4.78 is 3.05. The molecule has 0 spiro atoms. The average Bonchev–Trinajstić information content (AvgIpc) is 2.00. The summed E-state index contributed by atoms with van der Waals surface area (Å²) >= 11 is 11.0. The van der Waals surface area contributed by atoms with E-state index < -0.39 is 9.63 Å². The lowest BCUT2D eigenvalue weighted by Gasteiger charge is -2.14. The number of alkyl halides is 2. The summed E-state index contributed by atoms with van der Waals surface area (Å²) in [6.45, 7) is 4.11. The molecule has 0 rings (SSSR count). The van der Waals surface area contributed by atoms with Crippen molar-refractivity contribution in [3.05, 3.63) is 0 Å². The van der Waals surface area contributed by atoms with Crippen LogP contribution in [0.4, 0.5) is 0 Å². The van der Waals surface area contributed by atoms with Crippen LogP contribution in [0.2, 0.25) is 0 Å². The molecule has 6 heteroatoms. The average molecular weight is 252 g/mol. The second kappa shape index (κ2) is 5.43. The van der Waals surface area contributed by atoms with Crippen molar-refractivity contribution in [2.75, 3.05) is 6.61 Å². The summed E-state index contributed by atoms with van der Waals surface area (Å²) in [7, 11) is 5.77. The van der Waals surface area contributed by atoms with Gasteiger partial charge < -0.3 is 4.74 Å². The van der Waals surface area contributed by atoms with Crippen molar-refractivity contribution in [1.29, 1.82) is 0 Å². The Hall–Kier alpha value is 0.690. The van der Waals surface area contributed by atoms with Crippen molar-refractivity contribution in [1.82, 2.24) is 0 Å². The Labute approximate surface area is 90.4 Å². The fourth-order valence-electron chi connectivity index (χ4n) is 0.358. The standard InChI is InChI=1S/C6H9Cl3O2S/c1-4(2)3-11-5(10)6(7,8)12-9/h4H,3H2,1-2H3. The van der Waals surface area contributed by atoms with Gasteiger partial charge in [-0.3, -0.25) is 0 Å². The molecular formula is C6H9Cl3O2S. The third-order valence-corrected chi connectivity index (χ3v) is 3.18. The molecule has 0 saturated carbocycles. The smallest absolute Gasteiger partial charge is 0.354 e. The Morgan fingerprint density at radius 3 is 2.42 bits per heavy atom. The highest BCUT2D eigenvalue weighted by molar-refractivity contribution is 8.24. The number of halogens is 3. The Morgan fingerprint density at radius 1 is 1.58 bits per heavy atom. The van der Waals surface area contributed by atoms with Crippen molar-refractivity contribution >= 4 is 50.8 Å². The fourth-order valence-corrected chi connectivity index (χ4v) is 0.778. The third-order valence-electron chi connectivity index (χ3n) is 0.882. The second-order valence-corrected chi connectivity index (χ2v) is 5.59. The van der Waals surface area contributed by atoms with Crippen LogP contribution < -0.4 is 0 Å². The van der Waals surface area contributed by atoms with E-state index in [0.29, 0.717) is 11.0 Å². The first-order chi connectivity index (χ1) is 5.40. The molecule has 0 aromatic heterocycles. The van der Waals surface area contributed by atoms with E-state index in [9.17, 15) is 4.79 Å². The summed E-state index contributed by atoms with van der Waals surface area (Å²) in [5.41, 5.74) is 0. The SMILES string of the molecule is CC(C)COC(=O)C(Cl)(Cl)SCl. The molecule has 0 aliphatic rings. The number of ether oxygens (including phenoxy) is 1. The number of carbonyl (C=O) groups excluding carboxylic acids is 1. The minimum atomic E-state index is -1.70. The maximum absolute atomic E-state index is 11.0. The van der Waals surface area contributed by atoms with E-state index in [0.717, 1.165) is 0 Å². The Morgan fingerprint density at radius 2 is 2.08 bits per heavy atom. The summed E-state index contributed by atoms with van der Waals surface area (Å²) in [5.74, 6) is -0.474. The largest absolute Gasteiger partial charge is 0.463 e. The van der Waals surface area contributed by atoms with Crippen molar-refractivity contribution < 1.29 is 9.53 Å². The van der Waals surface area contributed by atoms with Gasteiger partial charge in [-0.25, -0.2) is 4.79 Å².